The standard InChI is InChI=1S/C10H20N2O/c1-2-3-4-5-6-9-10(13)12-8-7-11-9/h9,11H,2-8H2,1H3,(H,12,13). The Bertz CT molecular complexity index is 159. The minimum atomic E-state index is 0.0746. The second-order valence-electron chi connectivity index (χ2n) is 3.65. The van der Waals surface area contributed by atoms with Gasteiger partial charge in [0.2, 0.25) is 5.91 Å². The number of hydrogen-bond acceptors (Lipinski definition) is 2. The number of nitrogens with one attached hydrogen (secondary N) is 2. The maximum atomic E-state index is 11.3. The smallest absolute Gasteiger partial charge is 0.237 e. The van der Waals surface area contributed by atoms with Gasteiger partial charge in [0.15, 0.2) is 0 Å². The molecule has 0 bridgehead atoms. The Labute approximate surface area is 80.3 Å². The van der Waals surface area contributed by atoms with Gasteiger partial charge in [-0.15, -0.1) is 0 Å². The molecular formula is C10H20N2O. The summed E-state index contributed by atoms with van der Waals surface area (Å²) in [5.74, 6) is 0.183. The van der Waals surface area contributed by atoms with Crippen LogP contribution in [0.5, 0.6) is 0 Å². The van der Waals surface area contributed by atoms with Crippen LogP contribution in [-0.2, 0) is 4.79 Å². The molecule has 1 aliphatic rings. The first-order valence-corrected chi connectivity index (χ1v) is 5.35. The first-order valence-electron chi connectivity index (χ1n) is 5.35. The Balaban J connectivity index is 2.08. The SMILES string of the molecule is CCCCCCC1NCCNC1=O. The molecule has 0 aromatic carbocycles. The van der Waals surface area contributed by atoms with Crippen LogP contribution in [-0.4, -0.2) is 25.0 Å². The van der Waals surface area contributed by atoms with Crippen LogP contribution >= 0.6 is 0 Å². The normalized spacial score (nSPS) is 22.8. The van der Waals surface area contributed by atoms with Crippen molar-refractivity contribution in [3.05, 3.63) is 0 Å². The molecule has 1 unspecified atom stereocenters. The largest absolute Gasteiger partial charge is 0.353 e. The van der Waals surface area contributed by atoms with E-state index in [1.165, 1.54) is 25.7 Å². The van der Waals surface area contributed by atoms with Crippen LogP contribution in [0, 0.1) is 0 Å². The first-order chi connectivity index (χ1) is 6.34. The summed E-state index contributed by atoms with van der Waals surface area (Å²) < 4.78 is 0. The van der Waals surface area contributed by atoms with Crippen molar-refractivity contribution in [1.82, 2.24) is 10.6 Å². The molecule has 0 spiro atoms. The highest BCUT2D eigenvalue weighted by molar-refractivity contribution is 5.82. The Morgan fingerprint density at radius 2 is 2.15 bits per heavy atom. The van der Waals surface area contributed by atoms with E-state index in [4.69, 9.17) is 0 Å². The molecular weight excluding hydrogens is 164 g/mol. The quantitative estimate of drug-likeness (QED) is 0.627. The van der Waals surface area contributed by atoms with E-state index in [1.54, 1.807) is 0 Å². The topological polar surface area (TPSA) is 41.1 Å². The number of carbonyl (C=O) groups is 1. The van der Waals surface area contributed by atoms with E-state index in [-0.39, 0.29) is 11.9 Å². The van der Waals surface area contributed by atoms with Gasteiger partial charge < -0.3 is 10.6 Å². The third kappa shape index (κ3) is 3.77. The number of piperazine rings is 1. The number of carbonyl (C=O) groups excluding carboxylic acids is 1. The van der Waals surface area contributed by atoms with Crippen molar-refractivity contribution in [3.63, 3.8) is 0 Å². The Kier molecular flexibility index (Phi) is 4.83. The molecule has 0 saturated carbocycles. The summed E-state index contributed by atoms with van der Waals surface area (Å²) >= 11 is 0. The summed E-state index contributed by atoms with van der Waals surface area (Å²) in [5, 5.41) is 6.11. The van der Waals surface area contributed by atoms with Crippen molar-refractivity contribution in [2.75, 3.05) is 13.1 Å². The molecule has 76 valence electrons. The molecule has 1 aliphatic heterocycles. The van der Waals surface area contributed by atoms with Crippen molar-refractivity contribution < 1.29 is 4.79 Å². The Morgan fingerprint density at radius 1 is 1.31 bits per heavy atom. The van der Waals surface area contributed by atoms with Gasteiger partial charge in [0, 0.05) is 13.1 Å². The van der Waals surface area contributed by atoms with Crippen molar-refractivity contribution in [2.45, 2.75) is 45.1 Å². The van der Waals surface area contributed by atoms with Crippen molar-refractivity contribution in [2.24, 2.45) is 0 Å². The van der Waals surface area contributed by atoms with Gasteiger partial charge in [-0.2, -0.15) is 0 Å². The summed E-state index contributed by atoms with van der Waals surface area (Å²) in [4.78, 5) is 11.3. The zero-order chi connectivity index (χ0) is 9.52. The van der Waals surface area contributed by atoms with Crippen LogP contribution in [0.3, 0.4) is 0 Å². The summed E-state index contributed by atoms with van der Waals surface area (Å²) in [6.45, 7) is 3.90. The highest BCUT2D eigenvalue weighted by atomic mass is 16.2. The molecule has 1 rings (SSSR count). The van der Waals surface area contributed by atoms with Gasteiger partial charge in [0.05, 0.1) is 6.04 Å². The van der Waals surface area contributed by atoms with Crippen LogP contribution in [0.1, 0.15) is 39.0 Å². The van der Waals surface area contributed by atoms with E-state index >= 15 is 0 Å². The van der Waals surface area contributed by atoms with Gasteiger partial charge in [-0.3, -0.25) is 4.79 Å². The highest BCUT2D eigenvalue weighted by Gasteiger charge is 2.19. The number of unbranched alkanes of at least 4 members (excludes halogenated alkanes) is 3. The molecule has 0 aliphatic carbocycles. The van der Waals surface area contributed by atoms with E-state index in [1.807, 2.05) is 0 Å². The number of rotatable bonds is 5. The Hall–Kier alpha value is -0.570. The van der Waals surface area contributed by atoms with E-state index < -0.39 is 0 Å². The molecule has 2 N–H and O–H groups in total. The Morgan fingerprint density at radius 3 is 2.85 bits per heavy atom. The maximum Gasteiger partial charge on any atom is 0.237 e. The molecule has 1 amide bonds. The lowest BCUT2D eigenvalue weighted by molar-refractivity contribution is -0.124. The third-order valence-electron chi connectivity index (χ3n) is 2.48. The van der Waals surface area contributed by atoms with Gasteiger partial charge >= 0.3 is 0 Å². The van der Waals surface area contributed by atoms with Crippen LogP contribution in [0.15, 0.2) is 0 Å². The maximum absolute atomic E-state index is 11.3. The van der Waals surface area contributed by atoms with Gasteiger partial charge in [0.1, 0.15) is 0 Å². The lowest BCUT2D eigenvalue weighted by Gasteiger charge is -2.23. The molecule has 0 radical (unpaired) electrons. The van der Waals surface area contributed by atoms with E-state index in [0.717, 1.165) is 19.5 Å². The highest BCUT2D eigenvalue weighted by Crippen LogP contribution is 2.06. The van der Waals surface area contributed by atoms with E-state index in [0.29, 0.717) is 0 Å². The summed E-state index contributed by atoms with van der Waals surface area (Å²) in [6, 6.07) is 0.0746. The molecule has 1 fully saturated rings. The number of amides is 1. The van der Waals surface area contributed by atoms with Crippen LogP contribution in [0.4, 0.5) is 0 Å². The molecule has 3 heteroatoms. The van der Waals surface area contributed by atoms with Gasteiger partial charge in [-0.05, 0) is 6.42 Å². The summed E-state index contributed by atoms with van der Waals surface area (Å²) in [6.07, 6.45) is 5.95. The van der Waals surface area contributed by atoms with E-state index in [9.17, 15) is 4.79 Å². The monoisotopic (exact) mass is 184 g/mol. The molecule has 0 aromatic rings. The van der Waals surface area contributed by atoms with Crippen LogP contribution < -0.4 is 10.6 Å². The average molecular weight is 184 g/mol. The summed E-state index contributed by atoms with van der Waals surface area (Å²) in [5.41, 5.74) is 0. The molecule has 0 aromatic heterocycles. The fraction of sp³-hybridized carbons (Fsp3) is 0.900. The lowest BCUT2D eigenvalue weighted by atomic mass is 10.1. The molecule has 3 nitrogen and oxygen atoms in total. The lowest BCUT2D eigenvalue weighted by Crippen LogP contribution is -2.52. The molecule has 13 heavy (non-hydrogen) atoms. The van der Waals surface area contributed by atoms with Crippen molar-refractivity contribution in [3.8, 4) is 0 Å². The zero-order valence-corrected chi connectivity index (χ0v) is 8.44. The van der Waals surface area contributed by atoms with E-state index in [2.05, 4.69) is 17.6 Å². The molecule has 1 heterocycles. The van der Waals surface area contributed by atoms with Gasteiger partial charge in [-0.25, -0.2) is 0 Å². The molecule has 1 saturated heterocycles. The van der Waals surface area contributed by atoms with Crippen LogP contribution in [0.2, 0.25) is 0 Å². The first kappa shape index (κ1) is 10.5. The summed E-state index contributed by atoms with van der Waals surface area (Å²) in [7, 11) is 0. The second kappa shape index (κ2) is 5.97. The predicted molar refractivity (Wildman–Crippen MR) is 53.6 cm³/mol. The van der Waals surface area contributed by atoms with Gasteiger partial charge in [0.25, 0.3) is 0 Å². The fourth-order valence-corrected chi connectivity index (χ4v) is 1.66. The van der Waals surface area contributed by atoms with Gasteiger partial charge in [-0.1, -0.05) is 32.6 Å². The van der Waals surface area contributed by atoms with Crippen LogP contribution in [0.25, 0.3) is 0 Å². The van der Waals surface area contributed by atoms with Crippen molar-refractivity contribution >= 4 is 5.91 Å². The predicted octanol–water partition coefficient (Wildman–Crippen LogP) is 1.04. The molecule has 1 atom stereocenters. The fourth-order valence-electron chi connectivity index (χ4n) is 1.66. The average Bonchev–Trinajstić information content (AvgIpc) is 2.15. The zero-order valence-electron chi connectivity index (χ0n) is 8.44. The second-order valence-corrected chi connectivity index (χ2v) is 3.65. The van der Waals surface area contributed by atoms with Crippen molar-refractivity contribution in [1.29, 1.82) is 0 Å². The minimum Gasteiger partial charge on any atom is -0.353 e. The number of hydrogen-bond donors (Lipinski definition) is 2. The third-order valence-corrected chi connectivity index (χ3v) is 2.48. The minimum absolute atomic E-state index is 0.0746.